The third kappa shape index (κ3) is 49.5. The van der Waals surface area contributed by atoms with E-state index in [2.05, 4.69) is 106 Å². The third-order valence-corrected chi connectivity index (χ3v) is 10.9. The summed E-state index contributed by atoms with van der Waals surface area (Å²) in [5.74, 6) is -0.898. The monoisotopic (exact) mass is 877 g/mol. The average molecular weight is 877 g/mol. The number of allylic oxidation sites excluding steroid dienone is 14. The molecule has 0 heterocycles. The summed E-state index contributed by atoms with van der Waals surface area (Å²) in [7, 11) is 0. The molecule has 0 aliphatic heterocycles. The molecule has 0 aliphatic rings. The number of hydrogen-bond acceptors (Lipinski definition) is 6. The van der Waals surface area contributed by atoms with E-state index in [9.17, 15) is 14.4 Å². The van der Waals surface area contributed by atoms with Crippen molar-refractivity contribution in [2.45, 2.75) is 245 Å². The van der Waals surface area contributed by atoms with Crippen molar-refractivity contribution in [3.05, 3.63) is 85.1 Å². The van der Waals surface area contributed by atoms with Gasteiger partial charge in [-0.05, 0) is 77.0 Å². The minimum atomic E-state index is -0.770. The Kier molecular flexibility index (Phi) is 48.5. The highest BCUT2D eigenvalue weighted by atomic mass is 16.6. The number of carbonyl (C=O) groups excluding carboxylic acids is 3. The van der Waals surface area contributed by atoms with Gasteiger partial charge in [-0.1, -0.05) is 228 Å². The van der Waals surface area contributed by atoms with Crippen LogP contribution in [-0.4, -0.2) is 37.2 Å². The molecule has 0 bridgehead atoms. The SMILES string of the molecule is CC/C=C\C/C=C\C/C=C\C/C=C\C/C=C\C/C=C\C/C=C\CCCCCCCCCCCC(=O)OCC(COC(=O)CCCCCCCCC)OC(=O)CCCCCCCCC. The Morgan fingerprint density at radius 1 is 0.333 bits per heavy atom. The molecule has 63 heavy (non-hydrogen) atoms. The zero-order valence-corrected chi connectivity index (χ0v) is 41.1. The molecule has 0 saturated carbocycles. The molecule has 0 aromatic rings. The maximum atomic E-state index is 12.6. The summed E-state index contributed by atoms with van der Waals surface area (Å²) in [5, 5.41) is 0. The number of ether oxygens (including phenoxy) is 3. The number of hydrogen-bond donors (Lipinski definition) is 0. The minimum Gasteiger partial charge on any atom is -0.462 e. The van der Waals surface area contributed by atoms with Gasteiger partial charge in [-0.2, -0.15) is 0 Å². The standard InChI is InChI=1S/C57H96O6/c1-4-7-10-13-16-17-18-19-20-21-22-23-24-25-26-27-28-29-30-31-32-33-34-35-36-37-38-39-42-44-47-50-56(59)62-53-54(63-57(60)51-48-45-41-15-12-9-6-3)52-61-55(58)49-46-43-40-14-11-8-5-2/h7,10,16-17,19-20,22-23,25-26,28-29,31-32,54H,4-6,8-9,11-15,18,21,24,27,30,33-53H2,1-3H3/b10-7-,17-16-,20-19-,23-22-,26-25-,29-28-,32-31-. The molecule has 0 aliphatic carbocycles. The van der Waals surface area contributed by atoms with Crippen LogP contribution in [0.5, 0.6) is 0 Å². The summed E-state index contributed by atoms with van der Waals surface area (Å²) in [4.78, 5) is 37.5. The summed E-state index contributed by atoms with van der Waals surface area (Å²) in [5.41, 5.74) is 0. The summed E-state index contributed by atoms with van der Waals surface area (Å²) >= 11 is 0. The first-order valence-corrected chi connectivity index (χ1v) is 26.1. The molecule has 0 radical (unpaired) electrons. The van der Waals surface area contributed by atoms with Gasteiger partial charge in [0.2, 0.25) is 0 Å². The molecule has 0 N–H and O–H groups in total. The predicted octanol–water partition coefficient (Wildman–Crippen LogP) is 17.2. The van der Waals surface area contributed by atoms with Gasteiger partial charge in [0.05, 0.1) is 0 Å². The normalized spacial score (nSPS) is 12.7. The molecule has 0 saturated heterocycles. The van der Waals surface area contributed by atoms with Crippen LogP contribution in [0, 0.1) is 0 Å². The van der Waals surface area contributed by atoms with Gasteiger partial charge in [0.25, 0.3) is 0 Å². The number of unbranched alkanes of at least 4 members (excludes halogenated alkanes) is 21. The fourth-order valence-corrected chi connectivity index (χ4v) is 7.01. The quantitative estimate of drug-likeness (QED) is 0.0262. The Hall–Kier alpha value is -3.41. The highest BCUT2D eigenvalue weighted by Gasteiger charge is 2.19. The smallest absolute Gasteiger partial charge is 0.306 e. The van der Waals surface area contributed by atoms with Crippen LogP contribution in [0.3, 0.4) is 0 Å². The minimum absolute atomic E-state index is 0.0762. The van der Waals surface area contributed by atoms with Crippen molar-refractivity contribution < 1.29 is 28.6 Å². The molecule has 0 aromatic heterocycles. The lowest BCUT2D eigenvalue weighted by molar-refractivity contribution is -0.167. The third-order valence-electron chi connectivity index (χ3n) is 10.9. The van der Waals surface area contributed by atoms with Crippen LogP contribution in [-0.2, 0) is 28.6 Å². The van der Waals surface area contributed by atoms with Crippen LogP contribution >= 0.6 is 0 Å². The van der Waals surface area contributed by atoms with Crippen LogP contribution in [0.1, 0.15) is 239 Å². The summed E-state index contributed by atoms with van der Waals surface area (Å²) in [6.07, 6.45) is 66.2. The van der Waals surface area contributed by atoms with Crippen LogP contribution < -0.4 is 0 Å². The van der Waals surface area contributed by atoms with E-state index < -0.39 is 6.10 Å². The van der Waals surface area contributed by atoms with Gasteiger partial charge in [0, 0.05) is 19.3 Å². The van der Waals surface area contributed by atoms with Gasteiger partial charge in [0.1, 0.15) is 13.2 Å². The lowest BCUT2D eigenvalue weighted by atomic mass is 10.1. The number of carbonyl (C=O) groups is 3. The molecule has 0 spiro atoms. The van der Waals surface area contributed by atoms with Crippen LogP contribution in [0.15, 0.2) is 85.1 Å². The summed E-state index contributed by atoms with van der Waals surface area (Å²) in [6, 6.07) is 0. The van der Waals surface area contributed by atoms with Crippen molar-refractivity contribution in [1.82, 2.24) is 0 Å². The average Bonchev–Trinajstić information content (AvgIpc) is 3.28. The fourth-order valence-electron chi connectivity index (χ4n) is 7.01. The summed E-state index contributed by atoms with van der Waals surface area (Å²) in [6.45, 7) is 6.42. The van der Waals surface area contributed by atoms with E-state index in [0.717, 1.165) is 109 Å². The van der Waals surface area contributed by atoms with E-state index in [4.69, 9.17) is 14.2 Å². The van der Waals surface area contributed by atoms with Crippen LogP contribution in [0.2, 0.25) is 0 Å². The van der Waals surface area contributed by atoms with Crippen LogP contribution in [0.25, 0.3) is 0 Å². The topological polar surface area (TPSA) is 78.9 Å². The molecule has 1 unspecified atom stereocenters. The molecule has 1 atom stereocenters. The fraction of sp³-hybridized carbons (Fsp3) is 0.702. The van der Waals surface area contributed by atoms with Crippen molar-refractivity contribution in [2.75, 3.05) is 13.2 Å². The maximum absolute atomic E-state index is 12.6. The number of esters is 3. The first kappa shape index (κ1) is 59.6. The highest BCUT2D eigenvalue weighted by molar-refractivity contribution is 5.71. The first-order valence-electron chi connectivity index (χ1n) is 26.1. The molecule has 0 rings (SSSR count). The number of rotatable bonds is 46. The molecular weight excluding hydrogens is 781 g/mol. The van der Waals surface area contributed by atoms with E-state index in [-0.39, 0.29) is 31.1 Å². The van der Waals surface area contributed by atoms with Crippen molar-refractivity contribution in [3.63, 3.8) is 0 Å². The van der Waals surface area contributed by atoms with Gasteiger partial charge in [0.15, 0.2) is 6.10 Å². The van der Waals surface area contributed by atoms with E-state index in [1.165, 1.54) is 89.9 Å². The first-order chi connectivity index (χ1) is 31.0. The van der Waals surface area contributed by atoms with E-state index in [0.29, 0.717) is 19.3 Å². The van der Waals surface area contributed by atoms with Gasteiger partial charge in [-0.15, -0.1) is 0 Å². The van der Waals surface area contributed by atoms with E-state index in [1.807, 2.05) is 0 Å². The van der Waals surface area contributed by atoms with E-state index in [1.54, 1.807) is 0 Å². The zero-order valence-electron chi connectivity index (χ0n) is 41.1. The van der Waals surface area contributed by atoms with Crippen molar-refractivity contribution in [3.8, 4) is 0 Å². The van der Waals surface area contributed by atoms with Gasteiger partial charge >= 0.3 is 17.9 Å². The molecule has 6 nitrogen and oxygen atoms in total. The lowest BCUT2D eigenvalue weighted by Gasteiger charge is -2.18. The Morgan fingerprint density at radius 2 is 0.619 bits per heavy atom. The Bertz CT molecular complexity index is 1240. The van der Waals surface area contributed by atoms with Crippen LogP contribution in [0.4, 0.5) is 0 Å². The van der Waals surface area contributed by atoms with Crippen molar-refractivity contribution in [1.29, 1.82) is 0 Å². The molecular formula is C57H96O6. The second kappa shape index (κ2) is 51.2. The molecule has 0 amide bonds. The second-order valence-corrected chi connectivity index (χ2v) is 17.1. The van der Waals surface area contributed by atoms with Crippen molar-refractivity contribution in [2.24, 2.45) is 0 Å². The lowest BCUT2D eigenvalue weighted by Crippen LogP contribution is -2.30. The van der Waals surface area contributed by atoms with Gasteiger partial charge in [-0.25, -0.2) is 0 Å². The summed E-state index contributed by atoms with van der Waals surface area (Å²) < 4.78 is 16.6. The Morgan fingerprint density at radius 3 is 0.968 bits per heavy atom. The van der Waals surface area contributed by atoms with Gasteiger partial charge < -0.3 is 14.2 Å². The molecule has 6 heteroatoms. The molecule has 0 aromatic carbocycles. The maximum Gasteiger partial charge on any atom is 0.306 e. The van der Waals surface area contributed by atoms with E-state index >= 15 is 0 Å². The molecule has 0 fully saturated rings. The van der Waals surface area contributed by atoms with Gasteiger partial charge in [-0.3, -0.25) is 14.4 Å². The second-order valence-electron chi connectivity index (χ2n) is 17.1. The Balaban J connectivity index is 4.01. The largest absolute Gasteiger partial charge is 0.462 e. The molecule has 360 valence electrons. The zero-order chi connectivity index (χ0) is 45.8. The Labute approximate surface area is 388 Å². The predicted molar refractivity (Wildman–Crippen MR) is 270 cm³/mol. The van der Waals surface area contributed by atoms with Crippen molar-refractivity contribution >= 4 is 17.9 Å². The highest BCUT2D eigenvalue weighted by Crippen LogP contribution is 2.14.